The topological polar surface area (TPSA) is 8.17 Å². The maximum absolute atomic E-state index is 2.41. The van der Waals surface area contributed by atoms with Crippen LogP contribution in [0.5, 0.6) is 0 Å². The first kappa shape index (κ1) is 35.2. The number of hydrogen-bond acceptors (Lipinski definition) is 1. The van der Waals surface area contributed by atoms with Gasteiger partial charge < -0.3 is 9.47 Å². The molecule has 0 aliphatic carbocycles. The molecule has 0 N–H and O–H groups in total. The molecule has 0 saturated heterocycles. The molecule has 282 valence electrons. The van der Waals surface area contributed by atoms with Crippen LogP contribution in [-0.2, 0) is 0 Å². The number of anilines is 3. The summed E-state index contributed by atoms with van der Waals surface area (Å²) in [5.41, 5.74) is 16.3. The molecule has 0 radical (unpaired) electrons. The van der Waals surface area contributed by atoms with Gasteiger partial charge in [0.2, 0.25) is 0 Å². The van der Waals surface area contributed by atoms with Crippen molar-refractivity contribution in [2.24, 2.45) is 0 Å². The highest BCUT2D eigenvalue weighted by Crippen LogP contribution is 2.46. The molecule has 0 saturated carbocycles. The summed E-state index contributed by atoms with van der Waals surface area (Å²) in [5, 5.41) is 4.98. The van der Waals surface area contributed by atoms with Gasteiger partial charge >= 0.3 is 0 Å². The van der Waals surface area contributed by atoms with Gasteiger partial charge in [0.15, 0.2) is 0 Å². The van der Waals surface area contributed by atoms with E-state index in [9.17, 15) is 0 Å². The molecule has 1 aromatic heterocycles. The summed E-state index contributed by atoms with van der Waals surface area (Å²) >= 11 is 0. The van der Waals surface area contributed by atoms with Crippen LogP contribution in [0.15, 0.2) is 243 Å². The van der Waals surface area contributed by atoms with Gasteiger partial charge in [0.1, 0.15) is 0 Å². The van der Waals surface area contributed by atoms with Crippen LogP contribution in [0, 0.1) is 0 Å². The smallest absolute Gasteiger partial charge is 0.0547 e. The molecule has 10 aromatic carbocycles. The summed E-state index contributed by atoms with van der Waals surface area (Å²) in [4.78, 5) is 2.41. The molecule has 0 amide bonds. The van der Waals surface area contributed by atoms with Crippen LogP contribution in [0.2, 0.25) is 0 Å². The van der Waals surface area contributed by atoms with E-state index < -0.39 is 0 Å². The van der Waals surface area contributed by atoms with E-state index in [0.29, 0.717) is 0 Å². The van der Waals surface area contributed by atoms with Crippen molar-refractivity contribution in [2.75, 3.05) is 4.90 Å². The quantitative estimate of drug-likeness (QED) is 0.150. The molecule has 0 unspecified atom stereocenters. The summed E-state index contributed by atoms with van der Waals surface area (Å²) in [6.07, 6.45) is 0. The highest BCUT2D eigenvalue weighted by Gasteiger charge is 2.22. The summed E-state index contributed by atoms with van der Waals surface area (Å²) < 4.78 is 2.40. The lowest BCUT2D eigenvalue weighted by Crippen LogP contribution is -2.11. The van der Waals surface area contributed by atoms with Crippen molar-refractivity contribution in [1.82, 2.24) is 4.57 Å². The third kappa shape index (κ3) is 6.23. The molecule has 11 aromatic rings. The van der Waals surface area contributed by atoms with E-state index in [-0.39, 0.29) is 0 Å². The Bertz CT molecular complexity index is 3290. The Morgan fingerprint density at radius 1 is 0.300 bits per heavy atom. The first-order chi connectivity index (χ1) is 29.8. The van der Waals surface area contributed by atoms with E-state index in [1.165, 1.54) is 71.5 Å². The fourth-order valence-electron chi connectivity index (χ4n) is 8.98. The zero-order chi connectivity index (χ0) is 39.8. The van der Waals surface area contributed by atoms with Gasteiger partial charge in [-0.05, 0) is 110 Å². The standard InChI is InChI=1S/C58H40N2/c1-3-16-41(17-4-1)43-32-36-48(37-33-43)59(49-38-34-44(35-39-49)46-31-30-42-18-7-8-19-45(42)40-46)55-27-13-11-24-52(55)50-22-9-10-23-51(50)53-26-15-29-57-58(53)54-25-12-14-28-56(54)60(57)47-20-5-2-6-21-47/h1-40H. The maximum Gasteiger partial charge on any atom is 0.0547 e. The van der Waals surface area contributed by atoms with Crippen LogP contribution < -0.4 is 4.90 Å². The fourth-order valence-corrected chi connectivity index (χ4v) is 8.98. The number of benzene rings is 10. The third-order valence-corrected chi connectivity index (χ3v) is 11.8. The lowest BCUT2D eigenvalue weighted by Gasteiger charge is -2.29. The second kappa shape index (κ2) is 15.1. The van der Waals surface area contributed by atoms with Gasteiger partial charge in [0.05, 0.1) is 16.7 Å². The van der Waals surface area contributed by atoms with Crippen LogP contribution in [0.3, 0.4) is 0 Å². The van der Waals surface area contributed by atoms with Crippen LogP contribution in [0.25, 0.3) is 82.8 Å². The molecule has 0 spiro atoms. The summed E-state index contributed by atoms with van der Waals surface area (Å²) in [6, 6.07) is 87.9. The number of aromatic nitrogens is 1. The minimum Gasteiger partial charge on any atom is -0.310 e. The van der Waals surface area contributed by atoms with E-state index in [1.54, 1.807) is 0 Å². The Morgan fingerprint density at radius 3 is 1.53 bits per heavy atom. The number of hydrogen-bond donors (Lipinski definition) is 0. The van der Waals surface area contributed by atoms with Crippen molar-refractivity contribution in [3.05, 3.63) is 243 Å². The Labute approximate surface area is 350 Å². The monoisotopic (exact) mass is 764 g/mol. The van der Waals surface area contributed by atoms with Crippen molar-refractivity contribution in [1.29, 1.82) is 0 Å². The maximum atomic E-state index is 2.41. The lowest BCUT2D eigenvalue weighted by molar-refractivity contribution is 1.18. The summed E-state index contributed by atoms with van der Waals surface area (Å²) in [5.74, 6) is 0. The number of rotatable bonds is 8. The van der Waals surface area contributed by atoms with Gasteiger partial charge in [-0.2, -0.15) is 0 Å². The van der Waals surface area contributed by atoms with Gasteiger partial charge in [-0.3, -0.25) is 0 Å². The normalized spacial score (nSPS) is 11.3. The Morgan fingerprint density at radius 2 is 0.800 bits per heavy atom. The number of fused-ring (bicyclic) bond motifs is 4. The molecular formula is C58H40N2. The molecule has 0 aliphatic rings. The molecule has 2 nitrogen and oxygen atoms in total. The molecule has 0 fully saturated rings. The number of para-hydroxylation sites is 3. The van der Waals surface area contributed by atoms with Gasteiger partial charge in [-0.15, -0.1) is 0 Å². The first-order valence-corrected chi connectivity index (χ1v) is 20.6. The first-order valence-electron chi connectivity index (χ1n) is 20.6. The Kier molecular flexibility index (Phi) is 8.87. The van der Waals surface area contributed by atoms with Crippen molar-refractivity contribution < 1.29 is 0 Å². The van der Waals surface area contributed by atoms with E-state index in [4.69, 9.17) is 0 Å². The summed E-state index contributed by atoms with van der Waals surface area (Å²) in [7, 11) is 0. The Balaban J connectivity index is 1.08. The SMILES string of the molecule is c1ccc(-c2ccc(N(c3ccc(-c4ccc5ccccc5c4)cc3)c3ccccc3-c3ccccc3-c3cccc4c3c3ccccc3n4-c3ccccc3)cc2)cc1. The fraction of sp³-hybridized carbons (Fsp3) is 0. The third-order valence-electron chi connectivity index (χ3n) is 11.8. The van der Waals surface area contributed by atoms with Gasteiger partial charge in [-0.25, -0.2) is 0 Å². The van der Waals surface area contributed by atoms with Crippen LogP contribution >= 0.6 is 0 Å². The molecule has 60 heavy (non-hydrogen) atoms. The molecule has 0 atom stereocenters. The second-order valence-corrected chi connectivity index (χ2v) is 15.3. The van der Waals surface area contributed by atoms with Crippen molar-refractivity contribution in [2.45, 2.75) is 0 Å². The molecule has 0 aliphatic heterocycles. The highest BCUT2D eigenvalue weighted by molar-refractivity contribution is 6.17. The highest BCUT2D eigenvalue weighted by atomic mass is 15.1. The largest absolute Gasteiger partial charge is 0.310 e. The number of nitrogens with zero attached hydrogens (tertiary/aromatic N) is 2. The van der Waals surface area contributed by atoms with E-state index in [2.05, 4.69) is 252 Å². The molecule has 1 heterocycles. The zero-order valence-electron chi connectivity index (χ0n) is 33.0. The molecule has 0 bridgehead atoms. The van der Waals surface area contributed by atoms with E-state index in [1.807, 2.05) is 0 Å². The molecular weight excluding hydrogens is 725 g/mol. The van der Waals surface area contributed by atoms with E-state index >= 15 is 0 Å². The Hall–Kier alpha value is -7.94. The summed E-state index contributed by atoms with van der Waals surface area (Å²) in [6.45, 7) is 0. The second-order valence-electron chi connectivity index (χ2n) is 15.3. The zero-order valence-corrected chi connectivity index (χ0v) is 33.0. The van der Waals surface area contributed by atoms with Crippen molar-refractivity contribution in [3.63, 3.8) is 0 Å². The van der Waals surface area contributed by atoms with E-state index in [0.717, 1.165) is 28.3 Å². The van der Waals surface area contributed by atoms with Crippen molar-refractivity contribution in [3.8, 4) is 50.2 Å². The van der Waals surface area contributed by atoms with Crippen molar-refractivity contribution >= 4 is 49.6 Å². The average molecular weight is 765 g/mol. The average Bonchev–Trinajstić information content (AvgIpc) is 3.67. The predicted molar refractivity (Wildman–Crippen MR) is 255 cm³/mol. The minimum absolute atomic E-state index is 1.09. The van der Waals surface area contributed by atoms with Gasteiger partial charge in [0, 0.05) is 33.4 Å². The van der Waals surface area contributed by atoms with Gasteiger partial charge in [0.25, 0.3) is 0 Å². The van der Waals surface area contributed by atoms with Gasteiger partial charge in [-0.1, -0.05) is 182 Å². The molecule has 2 heteroatoms. The predicted octanol–water partition coefficient (Wildman–Crippen LogP) is 16.1. The minimum atomic E-state index is 1.09. The lowest BCUT2D eigenvalue weighted by atomic mass is 9.90. The van der Waals surface area contributed by atoms with Crippen LogP contribution in [0.1, 0.15) is 0 Å². The van der Waals surface area contributed by atoms with Crippen LogP contribution in [0.4, 0.5) is 17.1 Å². The molecule has 11 rings (SSSR count). The van der Waals surface area contributed by atoms with Crippen LogP contribution in [-0.4, -0.2) is 4.57 Å².